The van der Waals surface area contributed by atoms with E-state index in [1.165, 1.54) is 0 Å². The Morgan fingerprint density at radius 2 is 1.88 bits per heavy atom. The highest BCUT2D eigenvalue weighted by Gasteiger charge is 2.27. The van der Waals surface area contributed by atoms with E-state index >= 15 is 0 Å². The first-order chi connectivity index (χ1) is 11.7. The average Bonchev–Trinajstić information content (AvgIpc) is 2.88. The Hall–Kier alpha value is -1.29. The summed E-state index contributed by atoms with van der Waals surface area (Å²) in [6, 6.07) is 1.84. The first-order valence-electron chi connectivity index (χ1n) is 8.77. The lowest BCUT2D eigenvalue weighted by molar-refractivity contribution is -0.123. The Bertz CT molecular complexity index is 597. The molecule has 0 spiro atoms. The lowest BCUT2D eigenvalue weighted by atomic mass is 9.96. The zero-order valence-electron chi connectivity index (χ0n) is 16.6. The fourth-order valence-corrected chi connectivity index (χ4v) is 2.40. The van der Waals surface area contributed by atoms with Crippen LogP contribution >= 0.6 is 24.0 Å². The Balaban J connectivity index is 0.00000625. The van der Waals surface area contributed by atoms with Crippen LogP contribution in [0.15, 0.2) is 15.5 Å². The number of halogens is 1. The SMILES string of the molecule is CCNC(=NCC(C)(O)c1cc(C)oc1C)NCCNC(=O)C(C)C.I. The molecule has 0 fully saturated rings. The molecule has 1 heterocycles. The predicted octanol–water partition coefficient (Wildman–Crippen LogP) is 2.05. The first kappa shape index (κ1) is 24.7. The summed E-state index contributed by atoms with van der Waals surface area (Å²) in [5.74, 6) is 2.06. The van der Waals surface area contributed by atoms with Gasteiger partial charge in [0.05, 0.1) is 6.54 Å². The number of carbonyl (C=O) groups is 1. The van der Waals surface area contributed by atoms with Gasteiger partial charge in [-0.3, -0.25) is 4.79 Å². The normalized spacial score (nSPS) is 13.8. The van der Waals surface area contributed by atoms with Crippen LogP contribution in [0.25, 0.3) is 0 Å². The summed E-state index contributed by atoms with van der Waals surface area (Å²) in [6.07, 6.45) is 0. The summed E-state index contributed by atoms with van der Waals surface area (Å²) < 4.78 is 5.50. The Morgan fingerprint density at radius 1 is 1.27 bits per heavy atom. The van der Waals surface area contributed by atoms with Gasteiger partial charge in [-0.05, 0) is 33.8 Å². The predicted molar refractivity (Wildman–Crippen MR) is 115 cm³/mol. The van der Waals surface area contributed by atoms with E-state index < -0.39 is 5.60 Å². The maximum Gasteiger partial charge on any atom is 0.222 e. The standard InChI is InChI=1S/C18H32N4O3.HI/c1-7-19-17(21-9-8-20-16(23)12(2)3)22-11-18(6,24)15-10-13(4)25-14(15)5;/h10,12,24H,7-9,11H2,1-6H3,(H,20,23)(H2,19,21,22);1H. The number of nitrogens with one attached hydrogen (secondary N) is 3. The van der Waals surface area contributed by atoms with E-state index in [1.54, 1.807) is 6.92 Å². The van der Waals surface area contributed by atoms with Gasteiger partial charge in [0.2, 0.25) is 5.91 Å². The number of aliphatic hydroxyl groups is 1. The van der Waals surface area contributed by atoms with Gasteiger partial charge >= 0.3 is 0 Å². The highest BCUT2D eigenvalue weighted by Crippen LogP contribution is 2.27. The zero-order chi connectivity index (χ0) is 19.0. The topological polar surface area (TPSA) is 98.9 Å². The Morgan fingerprint density at radius 3 is 2.38 bits per heavy atom. The molecule has 0 bridgehead atoms. The molecule has 0 radical (unpaired) electrons. The van der Waals surface area contributed by atoms with E-state index in [4.69, 9.17) is 4.42 Å². The molecule has 1 rings (SSSR count). The second-order valence-corrected chi connectivity index (χ2v) is 6.67. The number of carbonyl (C=O) groups excluding carboxylic acids is 1. The van der Waals surface area contributed by atoms with Gasteiger partial charge in [-0.1, -0.05) is 13.8 Å². The molecule has 0 saturated carbocycles. The van der Waals surface area contributed by atoms with Crippen LogP contribution in [0.1, 0.15) is 44.8 Å². The van der Waals surface area contributed by atoms with Crippen molar-refractivity contribution >= 4 is 35.8 Å². The highest BCUT2D eigenvalue weighted by molar-refractivity contribution is 14.0. The quantitative estimate of drug-likeness (QED) is 0.198. The van der Waals surface area contributed by atoms with Gasteiger partial charge in [-0.25, -0.2) is 4.99 Å². The average molecular weight is 480 g/mol. The van der Waals surface area contributed by atoms with Crippen molar-refractivity contribution in [3.8, 4) is 0 Å². The van der Waals surface area contributed by atoms with Crippen LogP contribution in [0.2, 0.25) is 0 Å². The lowest BCUT2D eigenvalue weighted by Gasteiger charge is -2.21. The fraction of sp³-hybridized carbons (Fsp3) is 0.667. The van der Waals surface area contributed by atoms with Crippen LogP contribution in [0.3, 0.4) is 0 Å². The maximum atomic E-state index is 11.5. The van der Waals surface area contributed by atoms with Crippen LogP contribution in [0.5, 0.6) is 0 Å². The zero-order valence-corrected chi connectivity index (χ0v) is 18.9. The summed E-state index contributed by atoms with van der Waals surface area (Å²) in [4.78, 5) is 16.0. The number of hydrogen-bond donors (Lipinski definition) is 4. The molecule has 0 aliphatic carbocycles. The summed E-state index contributed by atoms with van der Waals surface area (Å²) in [5.41, 5.74) is -0.371. The number of amides is 1. The summed E-state index contributed by atoms with van der Waals surface area (Å²) >= 11 is 0. The van der Waals surface area contributed by atoms with E-state index in [2.05, 4.69) is 20.9 Å². The van der Waals surface area contributed by atoms with Crippen LogP contribution in [-0.2, 0) is 10.4 Å². The third kappa shape index (κ3) is 7.94. The van der Waals surface area contributed by atoms with Crippen LogP contribution < -0.4 is 16.0 Å². The van der Waals surface area contributed by atoms with Crippen molar-refractivity contribution in [2.24, 2.45) is 10.9 Å². The molecular weight excluding hydrogens is 447 g/mol. The van der Waals surface area contributed by atoms with Crippen molar-refractivity contribution in [1.82, 2.24) is 16.0 Å². The largest absolute Gasteiger partial charge is 0.466 e. The summed E-state index contributed by atoms with van der Waals surface area (Å²) in [5, 5.41) is 19.8. The van der Waals surface area contributed by atoms with Gasteiger partial charge < -0.3 is 25.5 Å². The van der Waals surface area contributed by atoms with Crippen LogP contribution in [0, 0.1) is 19.8 Å². The van der Waals surface area contributed by atoms with Crippen molar-refractivity contribution in [2.75, 3.05) is 26.2 Å². The minimum atomic E-state index is -1.12. The third-order valence-corrected chi connectivity index (χ3v) is 3.75. The number of guanidine groups is 1. The Kier molecular flexibility index (Phi) is 10.9. The van der Waals surface area contributed by atoms with Crippen molar-refractivity contribution in [2.45, 2.75) is 47.1 Å². The van der Waals surface area contributed by atoms with Gasteiger partial charge in [0.1, 0.15) is 17.1 Å². The summed E-state index contributed by atoms with van der Waals surface area (Å²) in [7, 11) is 0. The molecule has 150 valence electrons. The second-order valence-electron chi connectivity index (χ2n) is 6.67. The van der Waals surface area contributed by atoms with Gasteiger partial charge in [0.25, 0.3) is 0 Å². The Labute approximate surface area is 173 Å². The molecule has 1 aromatic rings. The van der Waals surface area contributed by atoms with E-state index in [0.29, 0.717) is 31.4 Å². The molecule has 0 saturated heterocycles. The van der Waals surface area contributed by atoms with Crippen molar-refractivity contribution in [3.05, 3.63) is 23.2 Å². The van der Waals surface area contributed by atoms with Crippen molar-refractivity contribution in [1.29, 1.82) is 0 Å². The minimum absolute atomic E-state index is 0. The first-order valence-corrected chi connectivity index (χ1v) is 8.77. The molecule has 1 amide bonds. The molecule has 1 aromatic heterocycles. The number of nitrogens with zero attached hydrogens (tertiary/aromatic N) is 1. The van der Waals surface area contributed by atoms with Gasteiger partial charge in [-0.2, -0.15) is 0 Å². The van der Waals surface area contributed by atoms with Crippen LogP contribution in [0.4, 0.5) is 0 Å². The van der Waals surface area contributed by atoms with E-state index in [9.17, 15) is 9.90 Å². The van der Waals surface area contributed by atoms with Crippen molar-refractivity contribution in [3.63, 3.8) is 0 Å². The van der Waals surface area contributed by atoms with Crippen molar-refractivity contribution < 1.29 is 14.3 Å². The van der Waals surface area contributed by atoms with Gasteiger partial charge in [0, 0.05) is 31.1 Å². The van der Waals surface area contributed by atoms with E-state index in [-0.39, 0.29) is 42.3 Å². The molecule has 0 aliphatic rings. The molecular formula is C18H33IN4O3. The maximum absolute atomic E-state index is 11.5. The van der Waals surface area contributed by atoms with Crippen LogP contribution in [-0.4, -0.2) is 43.2 Å². The highest BCUT2D eigenvalue weighted by atomic mass is 127. The number of aryl methyl sites for hydroxylation is 2. The minimum Gasteiger partial charge on any atom is -0.466 e. The molecule has 4 N–H and O–H groups in total. The molecule has 0 aliphatic heterocycles. The lowest BCUT2D eigenvalue weighted by Crippen LogP contribution is -2.43. The monoisotopic (exact) mass is 480 g/mol. The molecule has 8 heteroatoms. The summed E-state index contributed by atoms with van der Waals surface area (Å²) in [6.45, 7) is 13.1. The fourth-order valence-electron chi connectivity index (χ4n) is 2.40. The third-order valence-electron chi connectivity index (χ3n) is 3.75. The number of furan rings is 1. The van der Waals surface area contributed by atoms with E-state index in [1.807, 2.05) is 40.7 Å². The van der Waals surface area contributed by atoms with Gasteiger partial charge in [0.15, 0.2) is 5.96 Å². The second kappa shape index (κ2) is 11.4. The number of aliphatic imine (C=N–C) groups is 1. The molecule has 1 unspecified atom stereocenters. The number of rotatable bonds is 8. The molecule has 7 nitrogen and oxygen atoms in total. The molecule has 0 aromatic carbocycles. The molecule has 26 heavy (non-hydrogen) atoms. The van der Waals surface area contributed by atoms with E-state index in [0.717, 1.165) is 11.3 Å². The smallest absolute Gasteiger partial charge is 0.222 e. The van der Waals surface area contributed by atoms with Gasteiger partial charge in [-0.15, -0.1) is 24.0 Å². The molecule has 1 atom stereocenters. The number of hydrogen-bond acceptors (Lipinski definition) is 4.